The molecule has 4 rings (SSSR count). The van der Waals surface area contributed by atoms with Crippen LogP contribution in [0.25, 0.3) is 11.4 Å². The van der Waals surface area contributed by atoms with E-state index >= 15 is 0 Å². The van der Waals surface area contributed by atoms with Gasteiger partial charge in [-0.05, 0) is 18.4 Å². The zero-order valence-electron chi connectivity index (χ0n) is 14.5. The molecule has 1 fully saturated rings. The van der Waals surface area contributed by atoms with Gasteiger partial charge in [-0.1, -0.05) is 60.7 Å². The van der Waals surface area contributed by atoms with E-state index in [1.165, 1.54) is 0 Å². The largest absolute Gasteiger partial charge is 0.245 e. The van der Waals surface area contributed by atoms with Crippen molar-refractivity contribution in [2.24, 2.45) is 0 Å². The Hall–Kier alpha value is -2.47. The molecule has 1 aliphatic heterocycles. The van der Waals surface area contributed by atoms with Gasteiger partial charge < -0.3 is 0 Å². The van der Waals surface area contributed by atoms with Gasteiger partial charge in [0.15, 0.2) is 15.7 Å². The van der Waals surface area contributed by atoms with Gasteiger partial charge in [0.1, 0.15) is 5.82 Å². The highest BCUT2D eigenvalue weighted by molar-refractivity contribution is 7.91. The van der Waals surface area contributed by atoms with Crippen LogP contribution in [0.5, 0.6) is 0 Å². The first-order chi connectivity index (χ1) is 12.6. The Morgan fingerprint density at radius 2 is 1.69 bits per heavy atom. The second-order valence-electron chi connectivity index (χ2n) is 6.76. The van der Waals surface area contributed by atoms with Gasteiger partial charge in [0, 0.05) is 11.5 Å². The van der Waals surface area contributed by atoms with Gasteiger partial charge >= 0.3 is 0 Å². The molecule has 6 heteroatoms. The van der Waals surface area contributed by atoms with Crippen molar-refractivity contribution in [3.8, 4) is 11.4 Å². The molecule has 0 aliphatic carbocycles. The second-order valence-corrected chi connectivity index (χ2v) is 8.99. The first-order valence-electron chi connectivity index (χ1n) is 8.85. The van der Waals surface area contributed by atoms with Gasteiger partial charge in [0.25, 0.3) is 0 Å². The third-order valence-electron chi connectivity index (χ3n) is 4.74. The van der Waals surface area contributed by atoms with E-state index in [1.54, 1.807) is 0 Å². The quantitative estimate of drug-likeness (QED) is 0.710. The zero-order valence-corrected chi connectivity index (χ0v) is 15.3. The Morgan fingerprint density at radius 1 is 1.00 bits per heavy atom. The molecule has 1 atom stereocenters. The smallest absolute Gasteiger partial charge is 0.181 e. The van der Waals surface area contributed by atoms with Gasteiger partial charge in [-0.2, -0.15) is 5.10 Å². The second kappa shape index (κ2) is 7.03. The van der Waals surface area contributed by atoms with Gasteiger partial charge in [-0.3, -0.25) is 0 Å². The SMILES string of the molecule is O=S1(=O)CCCC(c2nc(-c3ccccc3)nn2Cc2ccccc2)C1. The van der Waals surface area contributed by atoms with Gasteiger partial charge in [0.2, 0.25) is 0 Å². The van der Waals surface area contributed by atoms with Crippen molar-refractivity contribution < 1.29 is 8.42 Å². The van der Waals surface area contributed by atoms with E-state index in [0.29, 0.717) is 18.8 Å². The molecule has 0 saturated carbocycles. The summed E-state index contributed by atoms with van der Waals surface area (Å²) in [5, 5.41) is 4.71. The Morgan fingerprint density at radius 3 is 2.38 bits per heavy atom. The molecule has 3 aromatic rings. The summed E-state index contributed by atoms with van der Waals surface area (Å²) in [6.07, 6.45) is 1.52. The van der Waals surface area contributed by atoms with Crippen LogP contribution in [-0.2, 0) is 16.4 Å². The van der Waals surface area contributed by atoms with Crippen molar-refractivity contribution in [3.05, 3.63) is 72.1 Å². The van der Waals surface area contributed by atoms with Crippen molar-refractivity contribution in [1.29, 1.82) is 0 Å². The third kappa shape index (κ3) is 3.70. The van der Waals surface area contributed by atoms with Crippen LogP contribution in [0.3, 0.4) is 0 Å². The van der Waals surface area contributed by atoms with E-state index in [9.17, 15) is 8.42 Å². The van der Waals surface area contributed by atoms with Crippen LogP contribution in [0.15, 0.2) is 60.7 Å². The number of benzene rings is 2. The Balaban J connectivity index is 1.74. The fraction of sp³-hybridized carbons (Fsp3) is 0.300. The highest BCUT2D eigenvalue weighted by Gasteiger charge is 2.30. The monoisotopic (exact) mass is 367 g/mol. The molecule has 26 heavy (non-hydrogen) atoms. The Kier molecular flexibility index (Phi) is 4.59. The minimum absolute atomic E-state index is 0.0950. The van der Waals surface area contributed by atoms with Crippen molar-refractivity contribution >= 4 is 9.84 Å². The lowest BCUT2D eigenvalue weighted by atomic mass is 10.0. The maximum atomic E-state index is 12.1. The summed E-state index contributed by atoms with van der Waals surface area (Å²) in [6, 6.07) is 19.9. The number of nitrogens with zero attached hydrogens (tertiary/aromatic N) is 3. The molecular formula is C20H21N3O2S. The first kappa shape index (κ1) is 17.0. The minimum Gasteiger partial charge on any atom is -0.245 e. The molecule has 5 nitrogen and oxygen atoms in total. The molecule has 0 N–H and O–H groups in total. The van der Waals surface area contributed by atoms with Crippen LogP contribution in [-0.4, -0.2) is 34.7 Å². The maximum absolute atomic E-state index is 12.1. The normalized spacial score (nSPS) is 19.3. The molecule has 134 valence electrons. The maximum Gasteiger partial charge on any atom is 0.181 e. The standard InChI is InChI=1S/C20H21N3O2S/c24-26(25)13-7-12-18(15-26)20-21-19(17-10-5-2-6-11-17)22-23(20)14-16-8-3-1-4-9-16/h1-6,8-11,18H,7,12-15H2. The van der Waals surface area contributed by atoms with Gasteiger partial charge in [-0.15, -0.1) is 0 Å². The predicted molar refractivity (Wildman–Crippen MR) is 102 cm³/mol. The highest BCUT2D eigenvalue weighted by atomic mass is 32.2. The summed E-state index contributed by atoms with van der Waals surface area (Å²) in [5.74, 6) is 1.77. The average molecular weight is 367 g/mol. The summed E-state index contributed by atoms with van der Waals surface area (Å²) < 4.78 is 26.1. The van der Waals surface area contributed by atoms with Crippen LogP contribution in [0.2, 0.25) is 0 Å². The molecule has 1 aliphatic rings. The van der Waals surface area contributed by atoms with Crippen LogP contribution < -0.4 is 0 Å². The molecule has 2 aromatic carbocycles. The fourth-order valence-corrected chi connectivity index (χ4v) is 5.17. The molecule has 1 saturated heterocycles. The molecule has 1 aromatic heterocycles. The molecule has 0 bridgehead atoms. The number of sulfone groups is 1. The lowest BCUT2D eigenvalue weighted by Gasteiger charge is -2.21. The van der Waals surface area contributed by atoms with Crippen LogP contribution in [0.4, 0.5) is 0 Å². The number of rotatable bonds is 4. The molecule has 0 amide bonds. The van der Waals surface area contributed by atoms with Crippen LogP contribution in [0.1, 0.15) is 30.1 Å². The number of hydrogen-bond donors (Lipinski definition) is 0. The summed E-state index contributed by atoms with van der Waals surface area (Å²) in [4.78, 5) is 4.75. The van der Waals surface area contributed by atoms with Crippen molar-refractivity contribution in [2.45, 2.75) is 25.3 Å². The Bertz CT molecular complexity index is 982. The molecule has 2 heterocycles. The molecule has 0 radical (unpaired) electrons. The summed E-state index contributed by atoms with van der Waals surface area (Å²) in [6.45, 7) is 0.590. The molecule has 0 spiro atoms. The lowest BCUT2D eigenvalue weighted by Crippen LogP contribution is -2.26. The van der Waals surface area contributed by atoms with Crippen molar-refractivity contribution in [1.82, 2.24) is 14.8 Å². The first-order valence-corrected chi connectivity index (χ1v) is 10.7. The summed E-state index contributed by atoms with van der Waals surface area (Å²) in [5.41, 5.74) is 2.07. The van der Waals surface area contributed by atoms with Crippen LogP contribution >= 0.6 is 0 Å². The third-order valence-corrected chi connectivity index (χ3v) is 6.56. The highest BCUT2D eigenvalue weighted by Crippen LogP contribution is 2.29. The van der Waals surface area contributed by atoms with Gasteiger partial charge in [0.05, 0.1) is 18.1 Å². The number of hydrogen-bond acceptors (Lipinski definition) is 4. The molecular weight excluding hydrogens is 346 g/mol. The fourth-order valence-electron chi connectivity index (χ4n) is 3.46. The summed E-state index contributed by atoms with van der Waals surface area (Å²) >= 11 is 0. The topological polar surface area (TPSA) is 64.8 Å². The number of aromatic nitrogens is 3. The zero-order chi connectivity index (χ0) is 18.0. The van der Waals surface area contributed by atoms with Crippen molar-refractivity contribution in [3.63, 3.8) is 0 Å². The van der Waals surface area contributed by atoms with E-state index in [1.807, 2.05) is 65.3 Å². The van der Waals surface area contributed by atoms with E-state index in [4.69, 9.17) is 10.1 Å². The lowest BCUT2D eigenvalue weighted by molar-refractivity contribution is 0.519. The predicted octanol–water partition coefficient (Wildman–Crippen LogP) is 3.29. The Labute approximate surface area is 153 Å². The van der Waals surface area contributed by atoms with E-state index in [2.05, 4.69) is 0 Å². The minimum atomic E-state index is -3.01. The molecule has 1 unspecified atom stereocenters. The summed E-state index contributed by atoms with van der Waals surface area (Å²) in [7, 11) is -3.01. The van der Waals surface area contributed by atoms with Gasteiger partial charge in [-0.25, -0.2) is 18.1 Å². The van der Waals surface area contributed by atoms with E-state index < -0.39 is 9.84 Å². The van der Waals surface area contributed by atoms with Crippen LogP contribution in [0, 0.1) is 0 Å². The van der Waals surface area contributed by atoms with Crippen molar-refractivity contribution in [2.75, 3.05) is 11.5 Å². The van der Waals surface area contributed by atoms with E-state index in [0.717, 1.165) is 23.4 Å². The average Bonchev–Trinajstić information content (AvgIpc) is 3.06. The van der Waals surface area contributed by atoms with E-state index in [-0.39, 0.29) is 17.4 Å².